The lowest BCUT2D eigenvalue weighted by molar-refractivity contribution is 1.18. The van der Waals surface area contributed by atoms with Gasteiger partial charge < -0.3 is 0 Å². The first kappa shape index (κ1) is 35.0. The number of pyridine rings is 3. The van der Waals surface area contributed by atoms with Crippen molar-refractivity contribution in [2.75, 3.05) is 0 Å². The van der Waals surface area contributed by atoms with E-state index in [0.29, 0.717) is 5.82 Å². The average molecular weight is 766 g/mol. The molecule has 7 aromatic carbocycles. The summed E-state index contributed by atoms with van der Waals surface area (Å²) in [5, 5.41) is 3.18. The van der Waals surface area contributed by atoms with Crippen LogP contribution >= 0.6 is 0 Å². The number of hydrogen-bond acceptors (Lipinski definition) is 5. The highest BCUT2D eigenvalue weighted by Crippen LogP contribution is 2.38. The van der Waals surface area contributed by atoms with Gasteiger partial charge in [-0.25, -0.2) is 19.9 Å². The van der Waals surface area contributed by atoms with Gasteiger partial charge in [0, 0.05) is 55.7 Å². The van der Waals surface area contributed by atoms with E-state index in [9.17, 15) is 0 Å². The molecule has 0 saturated heterocycles. The Labute approximate surface area is 347 Å². The maximum Gasteiger partial charge on any atom is 0.160 e. The topological polar surface area (TPSA) is 64.5 Å². The molecule has 0 N–H and O–H groups in total. The quantitative estimate of drug-likeness (QED) is 0.151. The summed E-state index contributed by atoms with van der Waals surface area (Å²) in [6.45, 7) is 0. The second-order valence-corrected chi connectivity index (χ2v) is 14.9. The molecule has 0 radical (unpaired) electrons. The van der Waals surface area contributed by atoms with Crippen LogP contribution in [0.15, 0.2) is 212 Å². The number of hydrogen-bond donors (Lipinski definition) is 0. The Bertz CT molecular complexity index is 3360. The van der Waals surface area contributed by atoms with E-state index < -0.39 is 0 Å². The first-order chi connectivity index (χ1) is 29.7. The van der Waals surface area contributed by atoms with Gasteiger partial charge in [-0.1, -0.05) is 170 Å². The first-order valence-electron chi connectivity index (χ1n) is 20.1. The molecule has 0 bridgehead atoms. The number of para-hydroxylation sites is 1. The van der Waals surface area contributed by atoms with Crippen molar-refractivity contribution in [2.45, 2.75) is 0 Å². The molecule has 0 aliphatic rings. The fourth-order valence-electron chi connectivity index (χ4n) is 8.13. The molecule has 5 nitrogen and oxygen atoms in total. The molecular weight excluding hydrogens is 731 g/mol. The molecule has 4 aromatic heterocycles. The van der Waals surface area contributed by atoms with Gasteiger partial charge in [-0.15, -0.1) is 0 Å². The van der Waals surface area contributed by atoms with Gasteiger partial charge in [0.25, 0.3) is 0 Å². The Balaban J connectivity index is 1.08. The van der Waals surface area contributed by atoms with Crippen molar-refractivity contribution >= 4 is 32.7 Å². The van der Waals surface area contributed by atoms with E-state index in [1.807, 2.05) is 54.7 Å². The van der Waals surface area contributed by atoms with Crippen molar-refractivity contribution in [3.05, 3.63) is 212 Å². The highest BCUT2D eigenvalue weighted by Gasteiger charge is 2.17. The molecule has 0 spiro atoms. The number of aromatic nitrogens is 5. The molecular formula is C55H35N5. The molecule has 0 saturated carbocycles. The van der Waals surface area contributed by atoms with Crippen LogP contribution < -0.4 is 0 Å². The molecule has 0 atom stereocenters. The van der Waals surface area contributed by atoms with E-state index >= 15 is 0 Å². The number of rotatable bonds is 7. The highest BCUT2D eigenvalue weighted by atomic mass is 14.9. The Morgan fingerprint density at radius 1 is 0.267 bits per heavy atom. The van der Waals surface area contributed by atoms with Gasteiger partial charge >= 0.3 is 0 Å². The van der Waals surface area contributed by atoms with Crippen molar-refractivity contribution in [1.82, 2.24) is 24.9 Å². The third-order valence-corrected chi connectivity index (χ3v) is 11.1. The molecule has 11 rings (SSSR count). The van der Waals surface area contributed by atoms with E-state index in [1.54, 1.807) is 0 Å². The Kier molecular flexibility index (Phi) is 8.75. The van der Waals surface area contributed by atoms with Gasteiger partial charge in [-0.3, -0.25) is 4.98 Å². The standard InChI is InChI=1S/C55H35N5/c1-4-14-36(15-5-1)48-30-28-39-27-29-46-47(34-49(37-16-6-2-7-17-37)58-54(46)53(39)57-48)42-22-11-24-44(33-42)51-35-50(59-55(60-51)40-18-8-3-9-19-40)43-23-10-21-41(32-43)45-26-12-20-38-25-13-31-56-52(38)45/h1-35H. The average Bonchev–Trinajstić information content (AvgIpc) is 3.34. The van der Waals surface area contributed by atoms with Gasteiger partial charge in [-0.05, 0) is 53.1 Å². The molecule has 0 amide bonds. The van der Waals surface area contributed by atoms with E-state index in [4.69, 9.17) is 24.9 Å². The monoisotopic (exact) mass is 765 g/mol. The van der Waals surface area contributed by atoms with E-state index in [0.717, 1.165) is 106 Å². The normalized spacial score (nSPS) is 11.3. The van der Waals surface area contributed by atoms with Crippen molar-refractivity contribution in [3.63, 3.8) is 0 Å². The second-order valence-electron chi connectivity index (χ2n) is 14.9. The lowest BCUT2D eigenvalue weighted by atomic mass is 9.95. The summed E-state index contributed by atoms with van der Waals surface area (Å²) in [5.74, 6) is 0.665. The fourth-order valence-corrected chi connectivity index (χ4v) is 8.13. The lowest BCUT2D eigenvalue weighted by Crippen LogP contribution is -1.97. The summed E-state index contributed by atoms with van der Waals surface area (Å²) in [7, 11) is 0. The zero-order chi connectivity index (χ0) is 39.8. The summed E-state index contributed by atoms with van der Waals surface area (Å²) in [4.78, 5) is 25.7. The number of nitrogens with zero attached hydrogens (tertiary/aromatic N) is 5. The van der Waals surface area contributed by atoms with Crippen LogP contribution in [0.1, 0.15) is 0 Å². The molecule has 0 fully saturated rings. The second kappa shape index (κ2) is 15.0. The van der Waals surface area contributed by atoms with Gasteiger partial charge in [0.1, 0.15) is 0 Å². The molecule has 0 aliphatic heterocycles. The van der Waals surface area contributed by atoms with Crippen LogP contribution in [0.2, 0.25) is 0 Å². The van der Waals surface area contributed by atoms with Gasteiger partial charge in [0.2, 0.25) is 0 Å². The van der Waals surface area contributed by atoms with E-state index in [-0.39, 0.29) is 0 Å². The minimum Gasteiger partial charge on any atom is -0.256 e. The summed E-state index contributed by atoms with van der Waals surface area (Å²) < 4.78 is 0. The highest BCUT2D eigenvalue weighted by molar-refractivity contribution is 6.10. The molecule has 4 heterocycles. The van der Waals surface area contributed by atoms with Crippen molar-refractivity contribution in [2.24, 2.45) is 0 Å². The third kappa shape index (κ3) is 6.54. The maximum absolute atomic E-state index is 5.32. The molecule has 60 heavy (non-hydrogen) atoms. The first-order valence-corrected chi connectivity index (χ1v) is 20.1. The molecule has 0 aliphatic carbocycles. The summed E-state index contributed by atoms with van der Waals surface area (Å²) >= 11 is 0. The minimum atomic E-state index is 0.665. The van der Waals surface area contributed by atoms with Gasteiger partial charge in [-0.2, -0.15) is 0 Å². The molecule has 0 unspecified atom stereocenters. The van der Waals surface area contributed by atoms with Crippen molar-refractivity contribution < 1.29 is 0 Å². The zero-order valence-corrected chi connectivity index (χ0v) is 32.4. The van der Waals surface area contributed by atoms with Gasteiger partial charge in [0.15, 0.2) is 5.82 Å². The molecule has 280 valence electrons. The van der Waals surface area contributed by atoms with Crippen LogP contribution in [0, 0.1) is 0 Å². The van der Waals surface area contributed by atoms with Gasteiger partial charge in [0.05, 0.1) is 39.3 Å². The predicted molar refractivity (Wildman–Crippen MR) is 246 cm³/mol. The van der Waals surface area contributed by atoms with Crippen LogP contribution in [0.5, 0.6) is 0 Å². The number of fused-ring (bicyclic) bond motifs is 4. The number of benzene rings is 7. The molecule has 5 heteroatoms. The van der Waals surface area contributed by atoms with Crippen molar-refractivity contribution in [1.29, 1.82) is 0 Å². The van der Waals surface area contributed by atoms with Crippen LogP contribution in [-0.2, 0) is 0 Å². The lowest BCUT2D eigenvalue weighted by Gasteiger charge is -2.14. The van der Waals surface area contributed by atoms with Crippen LogP contribution in [0.25, 0.3) is 111 Å². The summed E-state index contributed by atoms with van der Waals surface area (Å²) in [6, 6.07) is 71.4. The summed E-state index contributed by atoms with van der Waals surface area (Å²) in [5.41, 5.74) is 15.5. The van der Waals surface area contributed by atoms with E-state index in [1.165, 1.54) is 0 Å². The van der Waals surface area contributed by atoms with Crippen LogP contribution in [0.3, 0.4) is 0 Å². The van der Waals surface area contributed by atoms with Crippen molar-refractivity contribution in [3.8, 4) is 78.7 Å². The van der Waals surface area contributed by atoms with Crippen LogP contribution in [0.4, 0.5) is 0 Å². The predicted octanol–water partition coefficient (Wildman–Crippen LogP) is 13.8. The Morgan fingerprint density at radius 3 is 1.48 bits per heavy atom. The maximum atomic E-state index is 5.32. The van der Waals surface area contributed by atoms with Crippen LogP contribution in [-0.4, -0.2) is 24.9 Å². The summed E-state index contributed by atoms with van der Waals surface area (Å²) in [6.07, 6.45) is 1.85. The SMILES string of the molecule is c1ccc(-c2ccc3ccc4c(-c5cccc(-c6cc(-c7cccc(-c8cccc9cccnc89)c7)nc(-c7ccccc7)n6)c5)cc(-c5ccccc5)nc4c3n2)cc1. The van der Waals surface area contributed by atoms with E-state index in [2.05, 4.69) is 158 Å². The largest absolute Gasteiger partial charge is 0.256 e. The Morgan fingerprint density at radius 2 is 0.783 bits per heavy atom. The minimum absolute atomic E-state index is 0.665. The smallest absolute Gasteiger partial charge is 0.160 e. The third-order valence-electron chi connectivity index (χ3n) is 11.1. The Hall–Kier alpha value is -8.15. The fraction of sp³-hybridized carbons (Fsp3) is 0. The molecule has 11 aromatic rings. The zero-order valence-electron chi connectivity index (χ0n) is 32.4.